The number of Topliss-reactive ketones (excluding diaryl/α,β-unsaturated/α-hetero) is 1. The minimum Gasteiger partial charge on any atom is -0.354 e. The molecular formula is C12H21NO2. The van der Waals surface area contributed by atoms with Gasteiger partial charge in [-0.05, 0) is 32.6 Å². The van der Waals surface area contributed by atoms with Gasteiger partial charge < -0.3 is 5.32 Å². The number of hydrogen-bond acceptors (Lipinski definition) is 2. The van der Waals surface area contributed by atoms with E-state index >= 15 is 0 Å². The molecule has 0 aliphatic heterocycles. The third-order valence-corrected chi connectivity index (χ3v) is 3.19. The van der Waals surface area contributed by atoms with Crippen molar-refractivity contribution in [1.82, 2.24) is 5.32 Å². The Morgan fingerprint density at radius 2 is 1.53 bits per heavy atom. The Kier molecular flexibility index (Phi) is 4.79. The van der Waals surface area contributed by atoms with Crippen LogP contribution < -0.4 is 5.32 Å². The zero-order valence-corrected chi connectivity index (χ0v) is 9.71. The van der Waals surface area contributed by atoms with Gasteiger partial charge in [0.25, 0.3) is 0 Å². The topological polar surface area (TPSA) is 46.2 Å². The molecule has 0 unspecified atom stereocenters. The molecule has 0 aromatic heterocycles. The molecule has 0 heterocycles. The maximum absolute atomic E-state index is 11.3. The molecule has 15 heavy (non-hydrogen) atoms. The summed E-state index contributed by atoms with van der Waals surface area (Å²) in [6, 6.07) is 0.329. The minimum absolute atomic E-state index is 0.0590. The highest BCUT2D eigenvalue weighted by molar-refractivity contribution is 5.78. The Bertz CT molecular complexity index is 228. The first kappa shape index (κ1) is 12.2. The fourth-order valence-electron chi connectivity index (χ4n) is 2.35. The third kappa shape index (κ3) is 4.45. The quantitative estimate of drug-likeness (QED) is 0.760. The van der Waals surface area contributed by atoms with Crippen molar-refractivity contribution in [3.63, 3.8) is 0 Å². The molecule has 0 saturated heterocycles. The first-order chi connectivity index (χ1) is 7.09. The van der Waals surface area contributed by atoms with Crippen LogP contribution in [0.15, 0.2) is 0 Å². The number of nitrogens with one attached hydrogen (secondary N) is 1. The molecule has 0 bridgehead atoms. The van der Waals surface area contributed by atoms with Gasteiger partial charge in [-0.2, -0.15) is 0 Å². The van der Waals surface area contributed by atoms with Gasteiger partial charge in [0.2, 0.25) is 5.91 Å². The van der Waals surface area contributed by atoms with Crippen LogP contribution in [-0.4, -0.2) is 17.7 Å². The molecule has 0 aromatic rings. The summed E-state index contributed by atoms with van der Waals surface area (Å²) in [4.78, 5) is 22.2. The van der Waals surface area contributed by atoms with Gasteiger partial charge in [-0.1, -0.05) is 12.8 Å². The molecule has 0 radical (unpaired) electrons. The van der Waals surface area contributed by atoms with E-state index in [-0.39, 0.29) is 11.8 Å². The standard InChI is InChI=1S/C12H21NO2/c1-9(14)11-5-3-7-12(8-4-6-11)13-10(2)15/h11-12H,3-8H2,1-2H3,(H,13,15). The molecule has 3 heteroatoms. The van der Waals surface area contributed by atoms with Crippen LogP contribution >= 0.6 is 0 Å². The summed E-state index contributed by atoms with van der Waals surface area (Å²) >= 11 is 0. The van der Waals surface area contributed by atoms with Crippen molar-refractivity contribution < 1.29 is 9.59 Å². The van der Waals surface area contributed by atoms with Crippen molar-refractivity contribution in [3.8, 4) is 0 Å². The van der Waals surface area contributed by atoms with E-state index < -0.39 is 0 Å². The lowest BCUT2D eigenvalue weighted by Crippen LogP contribution is -2.34. The molecule has 1 N–H and O–H groups in total. The normalized spacial score (nSPS) is 27.6. The molecule has 0 aromatic carbocycles. The van der Waals surface area contributed by atoms with Gasteiger partial charge in [0.1, 0.15) is 5.78 Å². The van der Waals surface area contributed by atoms with Crippen molar-refractivity contribution in [2.75, 3.05) is 0 Å². The van der Waals surface area contributed by atoms with E-state index in [9.17, 15) is 9.59 Å². The van der Waals surface area contributed by atoms with Gasteiger partial charge >= 0.3 is 0 Å². The van der Waals surface area contributed by atoms with Gasteiger partial charge in [-0.25, -0.2) is 0 Å². The molecule has 3 nitrogen and oxygen atoms in total. The summed E-state index contributed by atoms with van der Waals surface area (Å²) in [6.45, 7) is 3.26. The fraction of sp³-hybridized carbons (Fsp3) is 0.833. The fourth-order valence-corrected chi connectivity index (χ4v) is 2.35. The number of carbonyl (C=O) groups is 2. The van der Waals surface area contributed by atoms with Crippen LogP contribution in [0, 0.1) is 5.92 Å². The number of hydrogen-bond donors (Lipinski definition) is 1. The first-order valence-corrected chi connectivity index (χ1v) is 5.87. The SMILES string of the molecule is CC(=O)NC1CCCC(C(C)=O)CCC1. The van der Waals surface area contributed by atoms with Crippen molar-refractivity contribution in [2.45, 2.75) is 58.4 Å². The van der Waals surface area contributed by atoms with E-state index in [0.717, 1.165) is 38.5 Å². The predicted molar refractivity (Wildman–Crippen MR) is 59.5 cm³/mol. The highest BCUT2D eigenvalue weighted by atomic mass is 16.1. The van der Waals surface area contributed by atoms with E-state index in [4.69, 9.17) is 0 Å². The van der Waals surface area contributed by atoms with Crippen molar-refractivity contribution in [1.29, 1.82) is 0 Å². The van der Waals surface area contributed by atoms with Gasteiger partial charge in [-0.15, -0.1) is 0 Å². The number of carbonyl (C=O) groups excluding carboxylic acids is 2. The lowest BCUT2D eigenvalue weighted by atomic mass is 9.87. The molecule has 1 fully saturated rings. The molecule has 1 saturated carbocycles. The predicted octanol–water partition coefficient (Wildman–Crippen LogP) is 2.05. The van der Waals surface area contributed by atoms with E-state index in [1.807, 2.05) is 0 Å². The average molecular weight is 211 g/mol. The van der Waals surface area contributed by atoms with Crippen molar-refractivity contribution in [3.05, 3.63) is 0 Å². The van der Waals surface area contributed by atoms with Gasteiger partial charge in [0.05, 0.1) is 0 Å². The Morgan fingerprint density at radius 1 is 1.00 bits per heavy atom. The minimum atomic E-state index is 0.0590. The van der Waals surface area contributed by atoms with Gasteiger partial charge in [0.15, 0.2) is 0 Å². The van der Waals surface area contributed by atoms with Crippen LogP contribution in [0.3, 0.4) is 0 Å². The Morgan fingerprint density at radius 3 is 1.93 bits per heavy atom. The molecule has 1 aliphatic rings. The van der Waals surface area contributed by atoms with Crippen molar-refractivity contribution in [2.24, 2.45) is 5.92 Å². The molecule has 0 spiro atoms. The highest BCUT2D eigenvalue weighted by Crippen LogP contribution is 2.23. The molecule has 0 atom stereocenters. The Labute approximate surface area is 91.6 Å². The van der Waals surface area contributed by atoms with Gasteiger partial charge in [0, 0.05) is 18.9 Å². The van der Waals surface area contributed by atoms with Crippen LogP contribution in [-0.2, 0) is 9.59 Å². The molecule has 1 rings (SSSR count). The van der Waals surface area contributed by atoms with E-state index in [0.29, 0.717) is 11.8 Å². The summed E-state index contributed by atoms with van der Waals surface area (Å²) in [7, 11) is 0. The second-order valence-corrected chi connectivity index (χ2v) is 4.57. The summed E-state index contributed by atoms with van der Waals surface area (Å²) in [5.74, 6) is 0.653. The van der Waals surface area contributed by atoms with E-state index in [1.54, 1.807) is 13.8 Å². The summed E-state index contributed by atoms with van der Waals surface area (Å²) in [5, 5.41) is 2.97. The molecule has 1 amide bonds. The number of rotatable bonds is 2. The summed E-state index contributed by atoms with van der Waals surface area (Å²) in [5.41, 5.74) is 0. The summed E-state index contributed by atoms with van der Waals surface area (Å²) < 4.78 is 0. The average Bonchev–Trinajstić information content (AvgIpc) is 2.07. The maximum atomic E-state index is 11.3. The lowest BCUT2D eigenvalue weighted by Gasteiger charge is -2.23. The van der Waals surface area contributed by atoms with E-state index in [2.05, 4.69) is 5.32 Å². The Hall–Kier alpha value is -0.860. The zero-order chi connectivity index (χ0) is 11.3. The van der Waals surface area contributed by atoms with Crippen LogP contribution in [0.4, 0.5) is 0 Å². The van der Waals surface area contributed by atoms with Crippen LogP contribution in [0.5, 0.6) is 0 Å². The molecule has 1 aliphatic carbocycles. The number of amides is 1. The molecular weight excluding hydrogens is 190 g/mol. The van der Waals surface area contributed by atoms with Gasteiger partial charge in [-0.3, -0.25) is 9.59 Å². The number of ketones is 1. The third-order valence-electron chi connectivity index (χ3n) is 3.19. The van der Waals surface area contributed by atoms with Crippen LogP contribution in [0.25, 0.3) is 0 Å². The van der Waals surface area contributed by atoms with E-state index in [1.165, 1.54) is 0 Å². The van der Waals surface area contributed by atoms with Crippen LogP contribution in [0.1, 0.15) is 52.4 Å². The monoisotopic (exact) mass is 211 g/mol. The first-order valence-electron chi connectivity index (χ1n) is 5.87. The highest BCUT2D eigenvalue weighted by Gasteiger charge is 2.19. The maximum Gasteiger partial charge on any atom is 0.217 e. The zero-order valence-electron chi connectivity index (χ0n) is 9.71. The largest absolute Gasteiger partial charge is 0.354 e. The van der Waals surface area contributed by atoms with Crippen LogP contribution in [0.2, 0.25) is 0 Å². The smallest absolute Gasteiger partial charge is 0.217 e. The summed E-state index contributed by atoms with van der Waals surface area (Å²) in [6.07, 6.45) is 6.12. The lowest BCUT2D eigenvalue weighted by molar-refractivity contribution is -0.122. The Balaban J connectivity index is 2.36. The second-order valence-electron chi connectivity index (χ2n) is 4.57. The second kappa shape index (κ2) is 5.89. The van der Waals surface area contributed by atoms with Crippen molar-refractivity contribution >= 4 is 11.7 Å². The molecule has 86 valence electrons.